The van der Waals surface area contributed by atoms with Gasteiger partial charge in [-0.25, -0.2) is 0 Å². The summed E-state index contributed by atoms with van der Waals surface area (Å²) in [5.74, 6) is 0.953. The van der Waals surface area contributed by atoms with Crippen molar-refractivity contribution in [1.29, 1.82) is 0 Å². The van der Waals surface area contributed by atoms with Crippen molar-refractivity contribution < 1.29 is 9.84 Å². The minimum Gasteiger partial charge on any atom is -0.496 e. The number of hydrogen-bond donors (Lipinski definition) is 2. The van der Waals surface area contributed by atoms with Crippen LogP contribution in [0.25, 0.3) is 0 Å². The number of methoxy groups -OCH3 is 1. The molecule has 1 rings (SSSR count). The zero-order valence-corrected chi connectivity index (χ0v) is 11.3. The molecule has 0 spiro atoms. The van der Waals surface area contributed by atoms with Crippen LogP contribution in [0.4, 0.5) is 0 Å². The molecule has 2 unspecified atom stereocenters. The van der Waals surface area contributed by atoms with Crippen molar-refractivity contribution in [1.82, 2.24) is 0 Å². The summed E-state index contributed by atoms with van der Waals surface area (Å²) in [6, 6.07) is 3.69. The summed E-state index contributed by atoms with van der Waals surface area (Å²) < 4.78 is 5.37. The van der Waals surface area contributed by atoms with Crippen LogP contribution in [0.5, 0.6) is 5.75 Å². The van der Waals surface area contributed by atoms with Crippen LogP contribution >= 0.6 is 0 Å². The third kappa shape index (κ3) is 2.99. The lowest BCUT2D eigenvalue weighted by atomic mass is 9.91. The smallest absolute Gasteiger partial charge is 0.127 e. The number of aliphatic hydroxyl groups excluding tert-OH is 1. The molecule has 0 bridgehead atoms. The molecule has 96 valence electrons. The largest absolute Gasteiger partial charge is 0.496 e. The standard InChI is InChI=1S/C14H23NO2/c1-8(2)12(15)13(16)11-7-9(3)6-10(4)14(11)17-5/h6-8,12-13,16H,15H2,1-5H3. The molecule has 3 N–H and O–H groups in total. The lowest BCUT2D eigenvalue weighted by Crippen LogP contribution is -2.33. The van der Waals surface area contributed by atoms with E-state index in [1.807, 2.05) is 39.8 Å². The molecule has 17 heavy (non-hydrogen) atoms. The van der Waals surface area contributed by atoms with Crippen LogP contribution in [-0.2, 0) is 0 Å². The molecule has 0 saturated carbocycles. The Morgan fingerprint density at radius 1 is 1.24 bits per heavy atom. The van der Waals surface area contributed by atoms with E-state index in [9.17, 15) is 5.11 Å². The van der Waals surface area contributed by atoms with E-state index in [1.54, 1.807) is 7.11 Å². The predicted molar refractivity (Wildman–Crippen MR) is 70.2 cm³/mol. The van der Waals surface area contributed by atoms with Crippen LogP contribution in [0.3, 0.4) is 0 Å². The summed E-state index contributed by atoms with van der Waals surface area (Å²) in [7, 11) is 1.62. The zero-order valence-electron chi connectivity index (χ0n) is 11.3. The van der Waals surface area contributed by atoms with Gasteiger partial charge in [0, 0.05) is 11.6 Å². The zero-order chi connectivity index (χ0) is 13.2. The molecule has 0 saturated heterocycles. The number of hydrogen-bond acceptors (Lipinski definition) is 3. The number of aryl methyl sites for hydroxylation is 2. The van der Waals surface area contributed by atoms with E-state index in [1.165, 1.54) is 0 Å². The molecule has 3 nitrogen and oxygen atoms in total. The first kappa shape index (κ1) is 14.0. The summed E-state index contributed by atoms with van der Waals surface area (Å²) in [5.41, 5.74) is 8.92. The maximum absolute atomic E-state index is 10.3. The number of ether oxygens (including phenoxy) is 1. The van der Waals surface area contributed by atoms with Gasteiger partial charge in [-0.3, -0.25) is 0 Å². The fourth-order valence-electron chi connectivity index (χ4n) is 2.06. The van der Waals surface area contributed by atoms with Crippen molar-refractivity contribution in [3.05, 3.63) is 28.8 Å². The number of benzene rings is 1. The first-order valence-corrected chi connectivity index (χ1v) is 5.97. The van der Waals surface area contributed by atoms with Gasteiger partial charge in [0.05, 0.1) is 13.2 Å². The first-order valence-electron chi connectivity index (χ1n) is 5.97. The normalized spacial score (nSPS) is 14.8. The third-order valence-corrected chi connectivity index (χ3v) is 3.10. The summed E-state index contributed by atoms with van der Waals surface area (Å²) in [6.07, 6.45) is -0.691. The summed E-state index contributed by atoms with van der Waals surface area (Å²) in [5, 5.41) is 10.3. The first-order chi connectivity index (χ1) is 7.88. The molecular weight excluding hydrogens is 214 g/mol. The van der Waals surface area contributed by atoms with Gasteiger partial charge in [0.2, 0.25) is 0 Å². The van der Waals surface area contributed by atoms with Gasteiger partial charge in [-0.1, -0.05) is 25.5 Å². The average molecular weight is 237 g/mol. The molecule has 2 atom stereocenters. The lowest BCUT2D eigenvalue weighted by molar-refractivity contribution is 0.122. The van der Waals surface area contributed by atoms with Crippen LogP contribution < -0.4 is 10.5 Å². The Morgan fingerprint density at radius 2 is 1.82 bits per heavy atom. The molecule has 0 fully saturated rings. The Kier molecular flexibility index (Phi) is 4.54. The maximum Gasteiger partial charge on any atom is 0.127 e. The Bertz CT molecular complexity index is 388. The van der Waals surface area contributed by atoms with Crippen molar-refractivity contribution in [2.24, 2.45) is 11.7 Å². The number of rotatable bonds is 4. The highest BCUT2D eigenvalue weighted by Crippen LogP contribution is 2.32. The van der Waals surface area contributed by atoms with Gasteiger partial charge in [-0.2, -0.15) is 0 Å². The highest BCUT2D eigenvalue weighted by Gasteiger charge is 2.24. The monoisotopic (exact) mass is 237 g/mol. The van der Waals surface area contributed by atoms with Gasteiger partial charge in [0.1, 0.15) is 5.75 Å². The van der Waals surface area contributed by atoms with Gasteiger partial charge in [-0.15, -0.1) is 0 Å². The van der Waals surface area contributed by atoms with Crippen molar-refractivity contribution in [3.63, 3.8) is 0 Å². The fraction of sp³-hybridized carbons (Fsp3) is 0.571. The predicted octanol–water partition coefficient (Wildman–Crippen LogP) is 2.33. The van der Waals surface area contributed by atoms with E-state index in [-0.39, 0.29) is 12.0 Å². The van der Waals surface area contributed by atoms with E-state index in [4.69, 9.17) is 10.5 Å². The second kappa shape index (κ2) is 5.52. The van der Waals surface area contributed by atoms with Gasteiger partial charge in [0.15, 0.2) is 0 Å². The highest BCUT2D eigenvalue weighted by molar-refractivity contribution is 5.45. The van der Waals surface area contributed by atoms with E-state index >= 15 is 0 Å². The number of aliphatic hydroxyl groups is 1. The van der Waals surface area contributed by atoms with Crippen LogP contribution in [0.1, 0.15) is 36.6 Å². The van der Waals surface area contributed by atoms with Crippen molar-refractivity contribution in [3.8, 4) is 5.75 Å². The molecule has 0 aromatic heterocycles. The van der Waals surface area contributed by atoms with E-state index < -0.39 is 6.10 Å². The molecule has 0 heterocycles. The topological polar surface area (TPSA) is 55.5 Å². The number of nitrogens with two attached hydrogens (primary N) is 1. The van der Waals surface area contributed by atoms with E-state index in [2.05, 4.69) is 0 Å². The highest BCUT2D eigenvalue weighted by atomic mass is 16.5. The molecule has 1 aromatic rings. The minimum atomic E-state index is -0.691. The molecule has 0 radical (unpaired) electrons. The van der Waals surface area contributed by atoms with E-state index in [0.717, 1.165) is 22.4 Å². The third-order valence-electron chi connectivity index (χ3n) is 3.10. The van der Waals surface area contributed by atoms with E-state index in [0.29, 0.717) is 0 Å². The molecule has 0 aliphatic heterocycles. The summed E-state index contributed by atoms with van der Waals surface area (Å²) >= 11 is 0. The average Bonchev–Trinajstić information content (AvgIpc) is 2.25. The SMILES string of the molecule is COc1c(C)cc(C)cc1C(O)C(N)C(C)C. The molecule has 0 aliphatic carbocycles. The molecule has 1 aromatic carbocycles. The Morgan fingerprint density at radius 3 is 2.29 bits per heavy atom. The second-order valence-electron chi connectivity index (χ2n) is 4.97. The summed E-state index contributed by atoms with van der Waals surface area (Å²) in [4.78, 5) is 0. The minimum absolute atomic E-state index is 0.218. The second-order valence-corrected chi connectivity index (χ2v) is 4.97. The van der Waals surface area contributed by atoms with Gasteiger partial charge in [0.25, 0.3) is 0 Å². The van der Waals surface area contributed by atoms with Gasteiger partial charge >= 0.3 is 0 Å². The van der Waals surface area contributed by atoms with Crippen molar-refractivity contribution in [2.75, 3.05) is 7.11 Å². The Labute approximate surface area is 104 Å². The summed E-state index contributed by atoms with van der Waals surface area (Å²) in [6.45, 7) is 7.98. The molecule has 3 heteroatoms. The Balaban J connectivity index is 3.20. The lowest BCUT2D eigenvalue weighted by Gasteiger charge is -2.25. The van der Waals surface area contributed by atoms with Gasteiger partial charge in [-0.05, 0) is 31.4 Å². The van der Waals surface area contributed by atoms with Crippen LogP contribution in [0, 0.1) is 19.8 Å². The quantitative estimate of drug-likeness (QED) is 0.845. The molecule has 0 amide bonds. The van der Waals surface area contributed by atoms with Crippen molar-refractivity contribution >= 4 is 0 Å². The Hall–Kier alpha value is -1.06. The molecular formula is C14H23NO2. The van der Waals surface area contributed by atoms with Gasteiger partial charge < -0.3 is 15.6 Å². The van der Waals surface area contributed by atoms with Crippen LogP contribution in [-0.4, -0.2) is 18.3 Å². The fourth-order valence-corrected chi connectivity index (χ4v) is 2.06. The molecule has 0 aliphatic rings. The van der Waals surface area contributed by atoms with Crippen LogP contribution in [0.15, 0.2) is 12.1 Å². The maximum atomic E-state index is 10.3. The van der Waals surface area contributed by atoms with Crippen LogP contribution in [0.2, 0.25) is 0 Å². The van der Waals surface area contributed by atoms with Crippen molar-refractivity contribution in [2.45, 2.75) is 39.8 Å².